The van der Waals surface area contributed by atoms with Gasteiger partial charge in [-0.25, -0.2) is 4.79 Å². The highest BCUT2D eigenvalue weighted by Crippen LogP contribution is 2.32. The molecule has 3 atom stereocenters. The lowest BCUT2D eigenvalue weighted by Crippen LogP contribution is -2.55. The van der Waals surface area contributed by atoms with Crippen LogP contribution < -0.4 is 10.6 Å². The molecule has 8 heteroatoms. The van der Waals surface area contributed by atoms with Gasteiger partial charge in [-0.2, -0.15) is 0 Å². The van der Waals surface area contributed by atoms with Crippen LogP contribution >= 0.6 is 0 Å². The fourth-order valence-corrected chi connectivity index (χ4v) is 5.41. The molecule has 0 heterocycles. The average Bonchev–Trinajstić information content (AvgIpc) is 2.97. The number of nitrogens with zero attached hydrogens (tertiary/aromatic N) is 1. The van der Waals surface area contributed by atoms with Crippen LogP contribution in [0.3, 0.4) is 0 Å². The van der Waals surface area contributed by atoms with E-state index >= 15 is 0 Å². The first kappa shape index (κ1) is 36.1. The number of hydrogen-bond donors (Lipinski definition) is 3. The van der Waals surface area contributed by atoms with E-state index in [-0.39, 0.29) is 24.1 Å². The van der Waals surface area contributed by atoms with Crippen LogP contribution in [-0.2, 0) is 20.7 Å². The van der Waals surface area contributed by atoms with Crippen LogP contribution in [0.2, 0.25) is 0 Å². The van der Waals surface area contributed by atoms with Crippen LogP contribution in [0.1, 0.15) is 88.2 Å². The standard InChI is InChI=1S/C38H51N3O5/c1-24(2)17-18-27(5)41(36(44)33(40-37(45)46-38(7,8)9)23-29-19-21-30(42)22-20-29)34(31-15-12-14-25(3)28(31)6)35(43)39-32-16-11-10-13-26(32)4/h10-16,19-22,24,27,33-34,42H,17-18,23H2,1-9H3,(H,39,43)(H,40,45). The van der Waals surface area contributed by atoms with Crippen LogP contribution in [0.25, 0.3) is 0 Å². The predicted octanol–water partition coefficient (Wildman–Crippen LogP) is 7.79. The predicted molar refractivity (Wildman–Crippen MR) is 184 cm³/mol. The molecule has 0 saturated heterocycles. The smallest absolute Gasteiger partial charge is 0.408 e. The molecule has 3 rings (SSSR count). The summed E-state index contributed by atoms with van der Waals surface area (Å²) in [5, 5.41) is 15.8. The van der Waals surface area contributed by atoms with Crippen molar-refractivity contribution < 1.29 is 24.2 Å². The number of rotatable bonds is 12. The highest BCUT2D eigenvalue weighted by molar-refractivity contribution is 5.99. The Hall–Kier alpha value is -4.33. The third-order valence-electron chi connectivity index (χ3n) is 8.13. The maximum absolute atomic E-state index is 15.0. The van der Waals surface area contributed by atoms with Crippen LogP contribution in [0.5, 0.6) is 5.75 Å². The van der Waals surface area contributed by atoms with Gasteiger partial charge in [-0.05, 0) is 113 Å². The van der Waals surface area contributed by atoms with Crippen molar-refractivity contribution in [3.05, 3.63) is 94.5 Å². The summed E-state index contributed by atoms with van der Waals surface area (Å²) in [6, 6.07) is 17.4. The average molecular weight is 630 g/mol. The molecule has 0 aliphatic carbocycles. The number of carbonyl (C=O) groups is 3. The summed E-state index contributed by atoms with van der Waals surface area (Å²) in [6.07, 6.45) is 0.893. The number of benzene rings is 3. The van der Waals surface area contributed by atoms with Crippen LogP contribution in [0.15, 0.2) is 66.7 Å². The number of aryl methyl sites for hydroxylation is 2. The molecule has 3 aromatic carbocycles. The quantitative estimate of drug-likeness (QED) is 0.190. The Morgan fingerprint density at radius 1 is 0.848 bits per heavy atom. The number of amides is 3. The van der Waals surface area contributed by atoms with Crippen molar-refractivity contribution in [2.24, 2.45) is 5.92 Å². The highest BCUT2D eigenvalue weighted by Gasteiger charge is 2.40. The van der Waals surface area contributed by atoms with E-state index < -0.39 is 29.7 Å². The number of phenols is 1. The minimum atomic E-state index is -1.06. The lowest BCUT2D eigenvalue weighted by atomic mass is 9.92. The maximum Gasteiger partial charge on any atom is 0.408 e. The largest absolute Gasteiger partial charge is 0.508 e. The van der Waals surface area contributed by atoms with Gasteiger partial charge >= 0.3 is 6.09 Å². The van der Waals surface area contributed by atoms with Gasteiger partial charge in [0.05, 0.1) is 0 Å². The molecule has 0 aromatic heterocycles. The van der Waals surface area contributed by atoms with Crippen LogP contribution in [0.4, 0.5) is 10.5 Å². The third kappa shape index (κ3) is 10.1. The van der Waals surface area contributed by atoms with Gasteiger partial charge in [0.1, 0.15) is 23.4 Å². The zero-order chi connectivity index (χ0) is 34.2. The lowest BCUT2D eigenvalue weighted by molar-refractivity contribution is -0.143. The van der Waals surface area contributed by atoms with Gasteiger partial charge in [-0.3, -0.25) is 9.59 Å². The molecule has 0 fully saturated rings. The summed E-state index contributed by atoms with van der Waals surface area (Å²) in [4.78, 5) is 44.3. The molecule has 248 valence electrons. The van der Waals surface area contributed by atoms with Crippen LogP contribution in [0, 0.1) is 26.7 Å². The monoisotopic (exact) mass is 629 g/mol. The second-order valence-electron chi connectivity index (χ2n) is 13.6. The van der Waals surface area contributed by atoms with Crippen molar-refractivity contribution in [2.75, 3.05) is 5.32 Å². The molecule has 3 amide bonds. The Kier molecular flexibility index (Phi) is 12.4. The van der Waals surface area contributed by atoms with Crippen LogP contribution in [-0.4, -0.2) is 45.6 Å². The van der Waals surface area contributed by atoms with Gasteiger partial charge in [-0.15, -0.1) is 0 Å². The third-order valence-corrected chi connectivity index (χ3v) is 8.13. The topological polar surface area (TPSA) is 108 Å². The molecule has 3 unspecified atom stereocenters. The van der Waals surface area contributed by atoms with E-state index in [1.54, 1.807) is 49.9 Å². The summed E-state index contributed by atoms with van der Waals surface area (Å²) in [7, 11) is 0. The number of carbonyl (C=O) groups excluding carboxylic acids is 3. The summed E-state index contributed by atoms with van der Waals surface area (Å²) >= 11 is 0. The number of aromatic hydroxyl groups is 1. The molecule has 0 aliphatic rings. The number of para-hydroxylation sites is 1. The van der Waals surface area contributed by atoms with Gasteiger partial charge in [0.25, 0.3) is 5.91 Å². The number of anilines is 1. The van der Waals surface area contributed by atoms with E-state index in [4.69, 9.17) is 4.74 Å². The zero-order valence-corrected chi connectivity index (χ0v) is 28.8. The number of hydrogen-bond acceptors (Lipinski definition) is 5. The van der Waals surface area contributed by atoms with Gasteiger partial charge in [-0.1, -0.05) is 62.4 Å². The Labute approximate surface area is 274 Å². The Balaban J connectivity index is 2.19. The number of ether oxygens (including phenoxy) is 1. The van der Waals surface area contributed by atoms with E-state index in [9.17, 15) is 19.5 Å². The van der Waals surface area contributed by atoms with E-state index in [0.717, 1.165) is 34.2 Å². The van der Waals surface area contributed by atoms with Gasteiger partial charge < -0.3 is 25.4 Å². The van der Waals surface area contributed by atoms with Crippen molar-refractivity contribution in [1.29, 1.82) is 0 Å². The highest BCUT2D eigenvalue weighted by atomic mass is 16.6. The second-order valence-corrected chi connectivity index (χ2v) is 13.6. The SMILES string of the molecule is Cc1ccccc1NC(=O)C(c1cccc(C)c1C)N(C(=O)C(Cc1ccc(O)cc1)NC(=O)OC(C)(C)C)C(C)CCC(C)C. The second kappa shape index (κ2) is 15.8. The number of nitrogens with one attached hydrogen (secondary N) is 2. The molecule has 0 radical (unpaired) electrons. The minimum Gasteiger partial charge on any atom is -0.508 e. The van der Waals surface area contributed by atoms with Gasteiger partial charge in [0.2, 0.25) is 5.91 Å². The molecule has 0 bridgehead atoms. The Morgan fingerprint density at radius 3 is 2.09 bits per heavy atom. The fourth-order valence-electron chi connectivity index (χ4n) is 5.41. The summed E-state index contributed by atoms with van der Waals surface area (Å²) < 4.78 is 5.57. The number of alkyl carbamates (subject to hydrolysis) is 1. The molecule has 0 saturated carbocycles. The van der Waals surface area contributed by atoms with Gasteiger partial charge in [0, 0.05) is 18.2 Å². The molecular formula is C38H51N3O5. The Bertz CT molecular complexity index is 1490. The summed E-state index contributed by atoms with van der Waals surface area (Å²) in [5.74, 6) is -0.264. The first-order valence-electron chi connectivity index (χ1n) is 16.1. The molecule has 0 spiro atoms. The Morgan fingerprint density at radius 2 is 1.48 bits per heavy atom. The molecule has 0 aliphatic heterocycles. The summed E-state index contributed by atoms with van der Waals surface area (Å²) in [5.41, 5.74) is 4.15. The van der Waals surface area contributed by atoms with E-state index in [1.807, 2.05) is 70.2 Å². The molecule has 3 aromatic rings. The molecule has 3 N–H and O–H groups in total. The number of phenolic OH excluding ortho intramolecular Hbond substituents is 1. The van der Waals surface area contributed by atoms with Crippen molar-refractivity contribution in [2.45, 2.75) is 105 Å². The van der Waals surface area contributed by atoms with Crippen molar-refractivity contribution in [3.8, 4) is 5.75 Å². The lowest BCUT2D eigenvalue weighted by Gasteiger charge is -2.39. The molecule has 8 nitrogen and oxygen atoms in total. The maximum atomic E-state index is 15.0. The normalized spacial score (nSPS) is 13.4. The van der Waals surface area contributed by atoms with Crippen molar-refractivity contribution in [1.82, 2.24) is 10.2 Å². The van der Waals surface area contributed by atoms with Crippen molar-refractivity contribution in [3.63, 3.8) is 0 Å². The van der Waals surface area contributed by atoms with E-state index in [1.165, 1.54) is 0 Å². The van der Waals surface area contributed by atoms with Crippen molar-refractivity contribution >= 4 is 23.6 Å². The zero-order valence-electron chi connectivity index (χ0n) is 28.8. The molecule has 46 heavy (non-hydrogen) atoms. The van der Waals surface area contributed by atoms with E-state index in [2.05, 4.69) is 24.5 Å². The minimum absolute atomic E-state index is 0.0959. The fraction of sp³-hybridized carbons (Fsp3) is 0.447. The first-order valence-corrected chi connectivity index (χ1v) is 16.1. The molecular weight excluding hydrogens is 578 g/mol. The summed E-state index contributed by atoms with van der Waals surface area (Å²) in [6.45, 7) is 17.4. The van der Waals surface area contributed by atoms with Gasteiger partial charge in [0.15, 0.2) is 0 Å². The van der Waals surface area contributed by atoms with E-state index in [0.29, 0.717) is 18.0 Å². The first-order chi connectivity index (χ1) is 21.6.